The summed E-state index contributed by atoms with van der Waals surface area (Å²) in [7, 11) is 0. The van der Waals surface area contributed by atoms with Crippen LogP contribution in [0.1, 0.15) is 37.6 Å². The summed E-state index contributed by atoms with van der Waals surface area (Å²) < 4.78 is 5.59. The summed E-state index contributed by atoms with van der Waals surface area (Å²) in [5.74, 6) is 1.88. The minimum atomic E-state index is 0.700. The van der Waals surface area contributed by atoms with Crippen molar-refractivity contribution < 1.29 is 4.42 Å². The molecule has 0 saturated carbocycles. The zero-order valence-electron chi connectivity index (χ0n) is 8.47. The lowest BCUT2D eigenvalue weighted by Crippen LogP contribution is -2.00. The highest BCUT2D eigenvalue weighted by Crippen LogP contribution is 2.13. The Morgan fingerprint density at radius 1 is 1.31 bits per heavy atom. The van der Waals surface area contributed by atoms with E-state index in [1.54, 1.807) is 0 Å². The number of hydrogen-bond donors (Lipinski definition) is 1. The van der Waals surface area contributed by atoms with Gasteiger partial charge in [-0.15, -0.1) is 0 Å². The van der Waals surface area contributed by atoms with Gasteiger partial charge in [-0.2, -0.15) is 0 Å². The average Bonchev–Trinajstić information content (AvgIpc) is 2.57. The molecule has 0 aromatic carbocycles. The summed E-state index contributed by atoms with van der Waals surface area (Å²) >= 11 is 0. The second kappa shape index (κ2) is 5.02. The van der Waals surface area contributed by atoms with E-state index in [0.29, 0.717) is 6.54 Å². The zero-order chi connectivity index (χ0) is 9.68. The van der Waals surface area contributed by atoms with Crippen LogP contribution in [0.5, 0.6) is 0 Å². The van der Waals surface area contributed by atoms with Gasteiger partial charge in [0.1, 0.15) is 5.76 Å². The van der Waals surface area contributed by atoms with E-state index in [1.165, 1.54) is 0 Å². The molecule has 1 heterocycles. The fraction of sp³-hybridized carbons (Fsp3) is 0.700. The van der Waals surface area contributed by atoms with Crippen molar-refractivity contribution in [1.82, 2.24) is 4.98 Å². The van der Waals surface area contributed by atoms with Crippen molar-refractivity contribution in [3.8, 4) is 0 Å². The van der Waals surface area contributed by atoms with Crippen LogP contribution in [0, 0.1) is 0 Å². The van der Waals surface area contributed by atoms with Crippen molar-refractivity contribution in [3.05, 3.63) is 17.3 Å². The van der Waals surface area contributed by atoms with E-state index < -0.39 is 0 Å². The number of rotatable bonds is 5. The highest BCUT2D eigenvalue weighted by molar-refractivity contribution is 5.09. The second-order valence-corrected chi connectivity index (χ2v) is 3.08. The van der Waals surface area contributed by atoms with Crippen LogP contribution < -0.4 is 5.73 Å². The maximum atomic E-state index is 5.59. The maximum absolute atomic E-state index is 5.59. The summed E-state index contributed by atoms with van der Waals surface area (Å²) in [5.41, 5.74) is 6.52. The fourth-order valence-corrected chi connectivity index (χ4v) is 1.35. The van der Waals surface area contributed by atoms with Crippen molar-refractivity contribution in [3.63, 3.8) is 0 Å². The Balaban J connectivity index is 2.68. The smallest absolute Gasteiger partial charge is 0.194 e. The third-order valence-electron chi connectivity index (χ3n) is 2.07. The molecule has 0 radical (unpaired) electrons. The standard InChI is InChI=1S/C10H18N2O/c1-3-8-9(4-2)13-10(12-8)6-5-7-11/h3-7,11H2,1-2H3. The van der Waals surface area contributed by atoms with Crippen LogP contribution >= 0.6 is 0 Å². The molecule has 0 amide bonds. The highest BCUT2D eigenvalue weighted by atomic mass is 16.4. The van der Waals surface area contributed by atoms with E-state index in [2.05, 4.69) is 18.8 Å². The number of oxazole rings is 1. The molecule has 3 heteroatoms. The summed E-state index contributed by atoms with van der Waals surface area (Å²) in [5, 5.41) is 0. The first kappa shape index (κ1) is 10.3. The van der Waals surface area contributed by atoms with Crippen LogP contribution in [0.3, 0.4) is 0 Å². The highest BCUT2D eigenvalue weighted by Gasteiger charge is 2.08. The van der Waals surface area contributed by atoms with Gasteiger partial charge in [0.2, 0.25) is 0 Å². The number of aromatic nitrogens is 1. The van der Waals surface area contributed by atoms with Crippen molar-refractivity contribution >= 4 is 0 Å². The Morgan fingerprint density at radius 3 is 2.54 bits per heavy atom. The van der Waals surface area contributed by atoms with Crippen LogP contribution in [0.15, 0.2) is 4.42 Å². The molecule has 0 spiro atoms. The molecule has 0 fully saturated rings. The van der Waals surface area contributed by atoms with Crippen molar-refractivity contribution in [2.24, 2.45) is 5.73 Å². The largest absolute Gasteiger partial charge is 0.445 e. The molecule has 0 bridgehead atoms. The first-order chi connectivity index (χ1) is 6.31. The SMILES string of the molecule is CCc1nc(CCCN)oc1CC. The van der Waals surface area contributed by atoms with Crippen LogP contribution in [0.25, 0.3) is 0 Å². The Hall–Kier alpha value is -0.830. The number of nitrogens with zero attached hydrogens (tertiary/aromatic N) is 1. The summed E-state index contributed by atoms with van der Waals surface area (Å²) in [4.78, 5) is 4.41. The zero-order valence-corrected chi connectivity index (χ0v) is 8.47. The Kier molecular flexibility index (Phi) is 3.96. The average molecular weight is 182 g/mol. The van der Waals surface area contributed by atoms with Crippen molar-refractivity contribution in [2.75, 3.05) is 6.54 Å². The van der Waals surface area contributed by atoms with Gasteiger partial charge in [0.25, 0.3) is 0 Å². The Morgan fingerprint density at radius 2 is 2.08 bits per heavy atom. The molecular formula is C10H18N2O. The van der Waals surface area contributed by atoms with E-state index in [4.69, 9.17) is 10.2 Å². The minimum absolute atomic E-state index is 0.700. The summed E-state index contributed by atoms with van der Waals surface area (Å²) in [6, 6.07) is 0. The van der Waals surface area contributed by atoms with E-state index in [1.807, 2.05) is 0 Å². The van der Waals surface area contributed by atoms with Gasteiger partial charge >= 0.3 is 0 Å². The van der Waals surface area contributed by atoms with E-state index in [-0.39, 0.29) is 0 Å². The van der Waals surface area contributed by atoms with Crippen LogP contribution in [0.4, 0.5) is 0 Å². The first-order valence-electron chi connectivity index (χ1n) is 4.99. The molecule has 0 atom stereocenters. The van der Waals surface area contributed by atoms with Crippen molar-refractivity contribution in [2.45, 2.75) is 39.5 Å². The van der Waals surface area contributed by atoms with Gasteiger partial charge in [-0.1, -0.05) is 13.8 Å². The van der Waals surface area contributed by atoms with Gasteiger partial charge in [0.15, 0.2) is 5.89 Å². The molecule has 0 aliphatic heterocycles. The van der Waals surface area contributed by atoms with E-state index >= 15 is 0 Å². The van der Waals surface area contributed by atoms with Crippen LogP contribution in [-0.4, -0.2) is 11.5 Å². The predicted octanol–water partition coefficient (Wildman–Crippen LogP) is 1.69. The Bertz CT molecular complexity index is 234. The predicted molar refractivity (Wildman–Crippen MR) is 52.6 cm³/mol. The molecule has 0 aliphatic rings. The molecule has 13 heavy (non-hydrogen) atoms. The molecule has 1 aromatic heterocycles. The van der Waals surface area contributed by atoms with Gasteiger partial charge in [-0.25, -0.2) is 4.98 Å². The molecule has 3 nitrogen and oxygen atoms in total. The second-order valence-electron chi connectivity index (χ2n) is 3.08. The number of aryl methyl sites for hydroxylation is 3. The quantitative estimate of drug-likeness (QED) is 0.754. The Labute approximate surface area is 79.3 Å². The third-order valence-corrected chi connectivity index (χ3v) is 2.07. The fourth-order valence-electron chi connectivity index (χ4n) is 1.35. The third kappa shape index (κ3) is 2.56. The van der Waals surface area contributed by atoms with Crippen molar-refractivity contribution in [1.29, 1.82) is 0 Å². The number of nitrogens with two attached hydrogens (primary N) is 1. The molecule has 1 rings (SSSR count). The first-order valence-corrected chi connectivity index (χ1v) is 4.99. The van der Waals surface area contributed by atoms with E-state index in [0.717, 1.165) is 43.0 Å². The number of hydrogen-bond acceptors (Lipinski definition) is 3. The molecule has 0 aliphatic carbocycles. The molecule has 0 unspecified atom stereocenters. The maximum Gasteiger partial charge on any atom is 0.194 e. The molecular weight excluding hydrogens is 164 g/mol. The lowest BCUT2D eigenvalue weighted by Gasteiger charge is -1.91. The summed E-state index contributed by atoms with van der Waals surface area (Å²) in [6.45, 7) is 4.89. The summed E-state index contributed by atoms with van der Waals surface area (Å²) in [6.07, 6.45) is 3.70. The van der Waals surface area contributed by atoms with Crippen LogP contribution in [0.2, 0.25) is 0 Å². The van der Waals surface area contributed by atoms with Gasteiger partial charge in [0, 0.05) is 12.8 Å². The van der Waals surface area contributed by atoms with Gasteiger partial charge < -0.3 is 10.2 Å². The van der Waals surface area contributed by atoms with Crippen LogP contribution in [-0.2, 0) is 19.3 Å². The molecule has 74 valence electrons. The normalized spacial score (nSPS) is 10.7. The monoisotopic (exact) mass is 182 g/mol. The molecule has 2 N–H and O–H groups in total. The van der Waals surface area contributed by atoms with Gasteiger partial charge in [0.05, 0.1) is 5.69 Å². The van der Waals surface area contributed by atoms with E-state index in [9.17, 15) is 0 Å². The van der Waals surface area contributed by atoms with Gasteiger partial charge in [-0.3, -0.25) is 0 Å². The topological polar surface area (TPSA) is 52.0 Å². The molecule has 1 aromatic rings. The van der Waals surface area contributed by atoms with Gasteiger partial charge in [-0.05, 0) is 19.4 Å². The molecule has 0 saturated heterocycles. The lowest BCUT2D eigenvalue weighted by atomic mass is 10.2. The lowest BCUT2D eigenvalue weighted by molar-refractivity contribution is 0.453. The minimum Gasteiger partial charge on any atom is -0.445 e.